The second-order valence-corrected chi connectivity index (χ2v) is 13.6. The first-order valence-corrected chi connectivity index (χ1v) is 15.4. The van der Waals surface area contributed by atoms with Crippen LogP contribution >= 0.6 is 11.3 Å². The molecule has 1 aromatic carbocycles. The summed E-state index contributed by atoms with van der Waals surface area (Å²) in [5.74, 6) is -0.497. The van der Waals surface area contributed by atoms with E-state index >= 15 is 0 Å². The van der Waals surface area contributed by atoms with E-state index in [4.69, 9.17) is 4.98 Å². The van der Waals surface area contributed by atoms with Crippen LogP contribution in [-0.4, -0.2) is 44.9 Å². The van der Waals surface area contributed by atoms with E-state index in [-0.39, 0.29) is 50.6 Å². The van der Waals surface area contributed by atoms with Crippen LogP contribution in [0.2, 0.25) is 0 Å². The summed E-state index contributed by atoms with van der Waals surface area (Å²) in [7, 11) is 0. The molecule has 1 aliphatic rings. The molecule has 3 aromatic rings. The average Bonchev–Trinajstić information content (AvgIpc) is 3.69. The molecule has 11 heteroatoms. The number of carbonyl (C=O) groups excluding carboxylic acids is 2. The Balaban J connectivity index is 1.66. The summed E-state index contributed by atoms with van der Waals surface area (Å²) in [4.78, 5) is 32.9. The molecule has 2 N–H and O–H groups in total. The SMILES string of the molecule is CC(C)/C=C(/C#N)C(=O)N1CCCC1Cn1c(NC(=O)c2ccc(C(F)F)s2)nc2cc(CN[C@@H](C)C(C)(C)C)ccc21. The lowest BCUT2D eigenvalue weighted by Gasteiger charge is -2.28. The van der Waals surface area contributed by atoms with Crippen molar-refractivity contribution in [3.8, 4) is 6.07 Å². The Morgan fingerprint density at radius 3 is 2.58 bits per heavy atom. The number of aromatic nitrogens is 2. The Morgan fingerprint density at radius 1 is 1.21 bits per heavy atom. The molecule has 0 spiro atoms. The lowest BCUT2D eigenvalue weighted by atomic mass is 9.88. The fraction of sp³-hybridized carbons (Fsp3) is 0.500. The van der Waals surface area contributed by atoms with Crippen molar-refractivity contribution in [2.45, 2.75) is 86.0 Å². The topological polar surface area (TPSA) is 103 Å². The molecule has 2 aromatic heterocycles. The molecular formula is C32H40F2N6O2S. The van der Waals surface area contributed by atoms with Gasteiger partial charge in [0.15, 0.2) is 0 Å². The lowest BCUT2D eigenvalue weighted by molar-refractivity contribution is -0.127. The number of likely N-dealkylation sites (tertiary alicyclic amines) is 1. The Bertz CT molecular complexity index is 1550. The first-order valence-electron chi connectivity index (χ1n) is 14.6. The maximum atomic E-state index is 13.3. The van der Waals surface area contributed by atoms with Crippen molar-refractivity contribution in [1.82, 2.24) is 19.8 Å². The van der Waals surface area contributed by atoms with Gasteiger partial charge in [-0.05, 0) is 60.9 Å². The summed E-state index contributed by atoms with van der Waals surface area (Å²) in [6, 6.07) is 10.7. The predicted octanol–water partition coefficient (Wildman–Crippen LogP) is 6.91. The highest BCUT2D eigenvalue weighted by Crippen LogP contribution is 2.30. The summed E-state index contributed by atoms with van der Waals surface area (Å²) in [5, 5.41) is 16.0. The molecule has 1 unspecified atom stereocenters. The van der Waals surface area contributed by atoms with E-state index in [1.807, 2.05) is 36.6 Å². The molecule has 230 valence electrons. The van der Waals surface area contributed by atoms with E-state index < -0.39 is 12.3 Å². The number of halogens is 2. The van der Waals surface area contributed by atoms with Crippen LogP contribution in [0.3, 0.4) is 0 Å². The number of nitrogens with one attached hydrogen (secondary N) is 2. The quantitative estimate of drug-likeness (QED) is 0.192. The molecule has 0 bridgehead atoms. The smallest absolute Gasteiger partial charge is 0.272 e. The number of imidazole rings is 1. The van der Waals surface area contributed by atoms with Gasteiger partial charge in [-0.25, -0.2) is 13.8 Å². The molecule has 3 heterocycles. The number of allylic oxidation sites excluding steroid dienone is 1. The molecule has 1 fully saturated rings. The maximum Gasteiger partial charge on any atom is 0.272 e. The van der Waals surface area contributed by atoms with Crippen molar-refractivity contribution in [2.75, 3.05) is 11.9 Å². The van der Waals surface area contributed by atoms with Crippen molar-refractivity contribution in [2.24, 2.45) is 11.3 Å². The molecule has 2 amide bonds. The van der Waals surface area contributed by atoms with Crippen LogP contribution in [0.25, 0.3) is 11.0 Å². The van der Waals surface area contributed by atoms with Crippen LogP contribution < -0.4 is 10.6 Å². The predicted molar refractivity (Wildman–Crippen MR) is 166 cm³/mol. The summed E-state index contributed by atoms with van der Waals surface area (Å²) in [5.41, 5.74) is 2.70. The number of alkyl halides is 2. The lowest BCUT2D eigenvalue weighted by Crippen LogP contribution is -2.39. The van der Waals surface area contributed by atoms with E-state index in [0.717, 1.165) is 35.3 Å². The number of anilines is 1. The molecule has 0 radical (unpaired) electrons. The minimum absolute atomic E-state index is 0.0528. The van der Waals surface area contributed by atoms with Gasteiger partial charge in [-0.2, -0.15) is 5.26 Å². The molecule has 0 aliphatic carbocycles. The molecule has 4 rings (SSSR count). The van der Waals surface area contributed by atoms with Crippen LogP contribution in [0.15, 0.2) is 42.0 Å². The summed E-state index contributed by atoms with van der Waals surface area (Å²) in [6.45, 7) is 14.0. The minimum atomic E-state index is -2.65. The Kier molecular flexibility index (Phi) is 10.0. The largest absolute Gasteiger partial charge is 0.333 e. The zero-order chi connectivity index (χ0) is 31.5. The first kappa shape index (κ1) is 32.3. The van der Waals surface area contributed by atoms with Gasteiger partial charge in [-0.1, -0.05) is 46.8 Å². The fourth-order valence-electron chi connectivity index (χ4n) is 5.05. The Hall–Kier alpha value is -3.62. The van der Waals surface area contributed by atoms with Gasteiger partial charge in [0, 0.05) is 25.7 Å². The molecule has 43 heavy (non-hydrogen) atoms. The van der Waals surface area contributed by atoms with Crippen molar-refractivity contribution in [3.05, 3.63) is 57.3 Å². The Labute approximate surface area is 255 Å². The molecule has 0 saturated carbocycles. The molecule has 8 nitrogen and oxygen atoms in total. The van der Waals surface area contributed by atoms with Crippen molar-refractivity contribution >= 4 is 40.1 Å². The van der Waals surface area contributed by atoms with Crippen molar-refractivity contribution < 1.29 is 18.4 Å². The van der Waals surface area contributed by atoms with E-state index in [1.54, 1.807) is 11.0 Å². The number of benzene rings is 1. The van der Waals surface area contributed by atoms with Crippen molar-refractivity contribution in [1.29, 1.82) is 5.26 Å². The Morgan fingerprint density at radius 2 is 1.95 bits per heavy atom. The summed E-state index contributed by atoms with van der Waals surface area (Å²) in [6.07, 6.45) is 0.548. The zero-order valence-corrected chi connectivity index (χ0v) is 26.4. The highest BCUT2D eigenvalue weighted by molar-refractivity contribution is 7.14. The summed E-state index contributed by atoms with van der Waals surface area (Å²) >= 11 is 0.745. The van der Waals surface area contributed by atoms with E-state index in [9.17, 15) is 23.6 Å². The van der Waals surface area contributed by atoms with Gasteiger partial charge in [0.1, 0.15) is 11.6 Å². The normalized spacial score (nSPS) is 16.7. The summed E-state index contributed by atoms with van der Waals surface area (Å²) < 4.78 is 28.2. The molecular weight excluding hydrogens is 570 g/mol. The van der Waals surface area contributed by atoms with Gasteiger partial charge in [0.25, 0.3) is 18.2 Å². The number of thiophene rings is 1. The fourth-order valence-corrected chi connectivity index (χ4v) is 5.80. The maximum absolute atomic E-state index is 13.3. The third-order valence-corrected chi connectivity index (χ3v) is 8.99. The number of hydrogen-bond donors (Lipinski definition) is 2. The zero-order valence-electron chi connectivity index (χ0n) is 25.6. The van der Waals surface area contributed by atoms with Crippen LogP contribution in [0, 0.1) is 22.7 Å². The second-order valence-electron chi connectivity index (χ2n) is 12.5. The van der Waals surface area contributed by atoms with Gasteiger partial charge >= 0.3 is 0 Å². The first-order chi connectivity index (χ1) is 20.3. The third kappa shape index (κ3) is 7.67. The van der Waals surface area contributed by atoms with E-state index in [1.165, 1.54) is 12.1 Å². The molecule has 2 atom stereocenters. The van der Waals surface area contributed by atoms with Crippen LogP contribution in [-0.2, 0) is 17.9 Å². The minimum Gasteiger partial charge on any atom is -0.333 e. The van der Waals surface area contributed by atoms with E-state index in [0.29, 0.717) is 25.2 Å². The second kappa shape index (κ2) is 13.3. The number of fused-ring (bicyclic) bond motifs is 1. The average molecular weight is 611 g/mol. The number of nitrogens with zero attached hydrogens (tertiary/aromatic N) is 4. The molecule has 1 aliphatic heterocycles. The van der Waals surface area contributed by atoms with Crippen LogP contribution in [0.5, 0.6) is 0 Å². The third-order valence-electron chi connectivity index (χ3n) is 7.90. The van der Waals surface area contributed by atoms with Crippen LogP contribution in [0.4, 0.5) is 14.7 Å². The van der Waals surface area contributed by atoms with Gasteiger partial charge in [0.05, 0.1) is 26.8 Å². The number of rotatable bonds is 10. The molecule has 1 saturated heterocycles. The van der Waals surface area contributed by atoms with Gasteiger partial charge in [0.2, 0.25) is 5.95 Å². The standard InChI is InChI=1S/C32H40F2N6O2S/c1-19(2)14-22(16-35)30(42)39-13-7-8-23(39)18-40-25-10-9-21(17-36-20(3)32(4,5)6)15-24(25)37-31(40)38-29(41)27-12-11-26(43-27)28(33)34/h9-12,14-15,19-20,23,28,36H,7-8,13,17-18H2,1-6H3,(H,37,38,41)/b22-14-/t20-,23?/m0/s1. The number of amides is 2. The van der Waals surface area contributed by atoms with Crippen LogP contribution in [0.1, 0.15) is 80.9 Å². The highest BCUT2D eigenvalue weighted by Gasteiger charge is 2.32. The monoisotopic (exact) mass is 610 g/mol. The van der Waals surface area contributed by atoms with Gasteiger partial charge < -0.3 is 14.8 Å². The van der Waals surface area contributed by atoms with Gasteiger partial charge in [-0.15, -0.1) is 11.3 Å². The van der Waals surface area contributed by atoms with Gasteiger partial charge in [-0.3, -0.25) is 14.9 Å². The van der Waals surface area contributed by atoms with E-state index in [2.05, 4.69) is 44.4 Å². The van der Waals surface area contributed by atoms with Crippen molar-refractivity contribution in [3.63, 3.8) is 0 Å². The number of carbonyl (C=O) groups is 2. The number of nitriles is 1. The number of hydrogen-bond acceptors (Lipinski definition) is 6. The highest BCUT2D eigenvalue weighted by atomic mass is 32.1.